The van der Waals surface area contributed by atoms with Gasteiger partial charge in [-0.3, -0.25) is 0 Å². The van der Waals surface area contributed by atoms with Gasteiger partial charge < -0.3 is 15.0 Å². The summed E-state index contributed by atoms with van der Waals surface area (Å²) in [7, 11) is 0. The van der Waals surface area contributed by atoms with Crippen molar-refractivity contribution >= 4 is 11.6 Å². The van der Waals surface area contributed by atoms with Gasteiger partial charge in [-0.25, -0.2) is 0 Å². The van der Waals surface area contributed by atoms with Crippen LogP contribution in [0.2, 0.25) is 5.02 Å². The molecule has 0 atom stereocenters. The molecular formula is C18H27ClN2O. The second-order valence-corrected chi connectivity index (χ2v) is 7.13. The Morgan fingerprint density at radius 3 is 2.59 bits per heavy atom. The van der Waals surface area contributed by atoms with Crippen LogP contribution in [0, 0.1) is 12.8 Å². The van der Waals surface area contributed by atoms with Gasteiger partial charge in [0, 0.05) is 24.7 Å². The first-order valence-electron chi connectivity index (χ1n) is 8.56. The Kier molecular flexibility index (Phi) is 5.61. The normalized spacial score (nSPS) is 21.9. The van der Waals surface area contributed by atoms with E-state index in [0.717, 1.165) is 35.1 Å². The van der Waals surface area contributed by atoms with E-state index in [9.17, 15) is 0 Å². The zero-order valence-electron chi connectivity index (χ0n) is 13.5. The van der Waals surface area contributed by atoms with Gasteiger partial charge in [-0.2, -0.15) is 0 Å². The van der Waals surface area contributed by atoms with E-state index in [2.05, 4.69) is 10.2 Å². The molecule has 2 aliphatic heterocycles. The minimum atomic E-state index is 0.352. The summed E-state index contributed by atoms with van der Waals surface area (Å²) in [4.78, 5) is 2.63. The van der Waals surface area contributed by atoms with Crippen molar-refractivity contribution in [1.29, 1.82) is 0 Å². The lowest BCUT2D eigenvalue weighted by molar-refractivity contribution is 0.0872. The van der Waals surface area contributed by atoms with Gasteiger partial charge in [0.15, 0.2) is 0 Å². The monoisotopic (exact) mass is 322 g/mol. The van der Waals surface area contributed by atoms with E-state index < -0.39 is 0 Å². The molecule has 0 bridgehead atoms. The molecule has 3 rings (SSSR count). The summed E-state index contributed by atoms with van der Waals surface area (Å²) < 4.78 is 6.13. The average molecular weight is 323 g/mol. The fourth-order valence-electron chi connectivity index (χ4n) is 3.52. The smallest absolute Gasteiger partial charge is 0.120 e. The number of halogens is 1. The number of nitrogens with one attached hydrogen (secondary N) is 1. The third kappa shape index (κ3) is 4.37. The van der Waals surface area contributed by atoms with E-state index in [-0.39, 0.29) is 0 Å². The Balaban J connectivity index is 1.44. The highest BCUT2D eigenvalue weighted by Crippen LogP contribution is 2.25. The molecule has 2 fully saturated rings. The number of likely N-dealkylation sites (tertiary alicyclic amines) is 1. The highest BCUT2D eigenvalue weighted by Gasteiger charge is 2.23. The van der Waals surface area contributed by atoms with E-state index in [1.165, 1.54) is 45.6 Å². The molecule has 0 unspecified atom stereocenters. The second-order valence-electron chi connectivity index (χ2n) is 6.72. The van der Waals surface area contributed by atoms with Crippen LogP contribution in [0.3, 0.4) is 0 Å². The molecule has 0 saturated carbocycles. The van der Waals surface area contributed by atoms with Crippen LogP contribution in [-0.4, -0.2) is 43.7 Å². The molecule has 0 amide bonds. The first-order chi connectivity index (χ1) is 10.7. The molecule has 1 aromatic carbocycles. The van der Waals surface area contributed by atoms with Crippen molar-refractivity contribution in [2.75, 3.05) is 32.7 Å². The molecule has 0 aliphatic carbocycles. The van der Waals surface area contributed by atoms with E-state index >= 15 is 0 Å². The third-order valence-electron chi connectivity index (χ3n) is 4.94. The number of rotatable bonds is 4. The molecule has 1 aromatic rings. The van der Waals surface area contributed by atoms with Gasteiger partial charge >= 0.3 is 0 Å². The zero-order chi connectivity index (χ0) is 15.4. The van der Waals surface area contributed by atoms with Crippen LogP contribution in [0.5, 0.6) is 5.75 Å². The summed E-state index contributed by atoms with van der Waals surface area (Å²) in [5.41, 5.74) is 1.09. The maximum atomic E-state index is 6.13. The molecule has 22 heavy (non-hydrogen) atoms. The topological polar surface area (TPSA) is 24.5 Å². The SMILES string of the molecule is Cc1cc(OC2CCN(CC3CCNCC3)CC2)ccc1Cl. The van der Waals surface area contributed by atoms with Gasteiger partial charge in [0.05, 0.1) is 0 Å². The Morgan fingerprint density at radius 2 is 1.91 bits per heavy atom. The Labute approximate surface area is 139 Å². The van der Waals surface area contributed by atoms with Crippen LogP contribution in [0.15, 0.2) is 18.2 Å². The molecule has 3 nitrogen and oxygen atoms in total. The quantitative estimate of drug-likeness (QED) is 0.918. The standard InChI is InChI=1S/C18H27ClN2O/c1-14-12-17(2-3-18(14)19)22-16-6-10-21(11-7-16)13-15-4-8-20-9-5-15/h2-3,12,15-16,20H,4-11,13H2,1H3. The van der Waals surface area contributed by atoms with Crippen molar-refractivity contribution < 1.29 is 4.74 Å². The lowest BCUT2D eigenvalue weighted by Gasteiger charge is -2.35. The van der Waals surface area contributed by atoms with Gasteiger partial charge in [0.2, 0.25) is 0 Å². The number of aryl methyl sites for hydroxylation is 1. The minimum Gasteiger partial charge on any atom is -0.490 e. The summed E-state index contributed by atoms with van der Waals surface area (Å²) in [6.07, 6.45) is 5.28. The van der Waals surface area contributed by atoms with Crippen molar-refractivity contribution in [2.24, 2.45) is 5.92 Å². The van der Waals surface area contributed by atoms with Crippen LogP contribution in [-0.2, 0) is 0 Å². The Hall–Kier alpha value is -0.770. The van der Waals surface area contributed by atoms with Gasteiger partial charge in [-0.15, -0.1) is 0 Å². The number of ether oxygens (including phenoxy) is 1. The molecule has 2 aliphatic rings. The van der Waals surface area contributed by atoms with Gasteiger partial charge in [0.1, 0.15) is 11.9 Å². The fourth-order valence-corrected chi connectivity index (χ4v) is 3.64. The van der Waals surface area contributed by atoms with Crippen LogP contribution < -0.4 is 10.1 Å². The predicted molar refractivity (Wildman–Crippen MR) is 91.9 cm³/mol. The van der Waals surface area contributed by atoms with Crippen LogP contribution >= 0.6 is 11.6 Å². The summed E-state index contributed by atoms with van der Waals surface area (Å²) in [5, 5.41) is 4.26. The first-order valence-corrected chi connectivity index (χ1v) is 8.94. The fraction of sp³-hybridized carbons (Fsp3) is 0.667. The number of hydrogen-bond donors (Lipinski definition) is 1. The molecule has 2 saturated heterocycles. The molecule has 2 heterocycles. The first kappa shape index (κ1) is 16.1. The number of hydrogen-bond acceptors (Lipinski definition) is 3. The maximum Gasteiger partial charge on any atom is 0.120 e. The summed E-state index contributed by atoms with van der Waals surface area (Å²) >= 11 is 6.07. The highest BCUT2D eigenvalue weighted by atomic mass is 35.5. The van der Waals surface area contributed by atoms with Crippen LogP contribution in [0.4, 0.5) is 0 Å². The molecule has 122 valence electrons. The van der Waals surface area contributed by atoms with Gasteiger partial charge in [0.25, 0.3) is 0 Å². The number of nitrogens with zero attached hydrogens (tertiary/aromatic N) is 1. The van der Waals surface area contributed by atoms with Gasteiger partial charge in [-0.1, -0.05) is 11.6 Å². The van der Waals surface area contributed by atoms with Crippen molar-refractivity contribution in [3.05, 3.63) is 28.8 Å². The maximum absolute atomic E-state index is 6.13. The largest absolute Gasteiger partial charge is 0.490 e. The van der Waals surface area contributed by atoms with Crippen molar-refractivity contribution in [3.63, 3.8) is 0 Å². The summed E-state index contributed by atoms with van der Waals surface area (Å²) in [6.45, 7) is 8.02. The molecule has 0 aromatic heterocycles. The highest BCUT2D eigenvalue weighted by molar-refractivity contribution is 6.31. The number of benzene rings is 1. The van der Waals surface area contributed by atoms with Crippen LogP contribution in [0.25, 0.3) is 0 Å². The predicted octanol–water partition coefficient (Wildman–Crippen LogP) is 3.49. The second kappa shape index (κ2) is 7.67. The molecular weight excluding hydrogens is 296 g/mol. The van der Waals surface area contributed by atoms with E-state index in [0.29, 0.717) is 6.10 Å². The van der Waals surface area contributed by atoms with E-state index in [1.54, 1.807) is 0 Å². The average Bonchev–Trinajstić information content (AvgIpc) is 2.54. The molecule has 1 N–H and O–H groups in total. The van der Waals surface area contributed by atoms with Crippen molar-refractivity contribution in [1.82, 2.24) is 10.2 Å². The van der Waals surface area contributed by atoms with Crippen LogP contribution in [0.1, 0.15) is 31.2 Å². The molecule has 0 spiro atoms. The minimum absolute atomic E-state index is 0.352. The van der Waals surface area contributed by atoms with E-state index in [4.69, 9.17) is 16.3 Å². The van der Waals surface area contributed by atoms with E-state index in [1.807, 2.05) is 25.1 Å². The zero-order valence-corrected chi connectivity index (χ0v) is 14.2. The van der Waals surface area contributed by atoms with Crippen molar-refractivity contribution in [2.45, 2.75) is 38.7 Å². The third-order valence-corrected chi connectivity index (χ3v) is 5.37. The molecule has 4 heteroatoms. The molecule has 0 radical (unpaired) electrons. The van der Waals surface area contributed by atoms with Gasteiger partial charge in [-0.05, 0) is 75.4 Å². The lowest BCUT2D eigenvalue weighted by atomic mass is 9.96. The van der Waals surface area contributed by atoms with Crippen molar-refractivity contribution in [3.8, 4) is 5.75 Å². The summed E-state index contributed by atoms with van der Waals surface area (Å²) in [6, 6.07) is 5.96. The lowest BCUT2D eigenvalue weighted by Crippen LogP contribution is -2.42. The number of piperidine rings is 2. The summed E-state index contributed by atoms with van der Waals surface area (Å²) in [5.74, 6) is 1.84. The Bertz CT molecular complexity index is 480. The Morgan fingerprint density at radius 1 is 1.18 bits per heavy atom.